The molecule has 1 aliphatic rings. The number of hydrogen-bond acceptors (Lipinski definition) is 5. The van der Waals surface area contributed by atoms with Gasteiger partial charge in [0.15, 0.2) is 6.61 Å². The van der Waals surface area contributed by atoms with E-state index >= 15 is 0 Å². The van der Waals surface area contributed by atoms with Gasteiger partial charge in [0, 0.05) is 29.9 Å². The lowest BCUT2D eigenvalue weighted by Crippen LogP contribution is -2.43. The Labute approximate surface area is 210 Å². The Balaban J connectivity index is 1.25. The van der Waals surface area contributed by atoms with Gasteiger partial charge in [-0.3, -0.25) is 9.59 Å². The Morgan fingerprint density at radius 1 is 0.806 bits per heavy atom. The molecule has 0 aliphatic carbocycles. The van der Waals surface area contributed by atoms with Crippen LogP contribution in [0.15, 0.2) is 96.1 Å². The zero-order valence-corrected chi connectivity index (χ0v) is 19.8. The van der Waals surface area contributed by atoms with Crippen LogP contribution >= 0.6 is 0 Å². The second-order valence-electron chi connectivity index (χ2n) is 8.39. The summed E-state index contributed by atoms with van der Waals surface area (Å²) in [6.07, 6.45) is 0.958. The maximum absolute atomic E-state index is 12.5. The zero-order chi connectivity index (χ0) is 25.2. The molecule has 3 aromatic carbocycles. The number of amides is 3. The van der Waals surface area contributed by atoms with Crippen molar-refractivity contribution in [2.45, 2.75) is 12.8 Å². The van der Waals surface area contributed by atoms with Gasteiger partial charge < -0.3 is 15.0 Å². The van der Waals surface area contributed by atoms with E-state index in [1.54, 1.807) is 4.90 Å². The molecule has 1 saturated heterocycles. The van der Waals surface area contributed by atoms with Crippen molar-refractivity contribution in [3.05, 3.63) is 102 Å². The summed E-state index contributed by atoms with van der Waals surface area (Å²) in [4.78, 5) is 38.9. The van der Waals surface area contributed by atoms with Crippen molar-refractivity contribution < 1.29 is 19.1 Å². The molecule has 1 aliphatic heterocycles. The van der Waals surface area contributed by atoms with Crippen LogP contribution in [0.5, 0.6) is 0 Å². The number of esters is 1. The van der Waals surface area contributed by atoms with Gasteiger partial charge in [-0.2, -0.15) is 5.10 Å². The molecule has 0 bridgehead atoms. The number of piperidine rings is 1. The number of nitrogens with one attached hydrogen (secondary N) is 2. The molecule has 4 rings (SSSR count). The summed E-state index contributed by atoms with van der Waals surface area (Å²) < 4.78 is 5.24. The minimum atomic E-state index is -0.521. The van der Waals surface area contributed by atoms with Crippen molar-refractivity contribution in [1.29, 1.82) is 0 Å². The maximum Gasteiger partial charge on any atom is 0.321 e. The number of rotatable bonds is 7. The van der Waals surface area contributed by atoms with E-state index in [-0.39, 0.29) is 11.9 Å². The Hall–Kier alpha value is -4.46. The highest BCUT2D eigenvalue weighted by atomic mass is 16.5. The Morgan fingerprint density at radius 2 is 1.33 bits per heavy atom. The van der Waals surface area contributed by atoms with Crippen molar-refractivity contribution in [3.63, 3.8) is 0 Å². The van der Waals surface area contributed by atoms with Gasteiger partial charge >= 0.3 is 12.0 Å². The second-order valence-corrected chi connectivity index (χ2v) is 8.39. The molecular formula is C28H28N4O4. The van der Waals surface area contributed by atoms with Gasteiger partial charge in [-0.05, 0) is 25.0 Å². The molecule has 0 atom stereocenters. The average molecular weight is 485 g/mol. The van der Waals surface area contributed by atoms with Crippen LogP contribution in [0, 0.1) is 5.92 Å². The number of ether oxygens (including phenoxy) is 1. The van der Waals surface area contributed by atoms with E-state index in [1.165, 1.54) is 0 Å². The van der Waals surface area contributed by atoms with Crippen LogP contribution < -0.4 is 10.7 Å². The number of anilines is 1. The summed E-state index contributed by atoms with van der Waals surface area (Å²) in [6, 6.07) is 28.1. The van der Waals surface area contributed by atoms with Gasteiger partial charge in [-0.15, -0.1) is 0 Å². The lowest BCUT2D eigenvalue weighted by Gasteiger charge is -2.30. The van der Waals surface area contributed by atoms with Crippen molar-refractivity contribution in [3.8, 4) is 0 Å². The van der Waals surface area contributed by atoms with Gasteiger partial charge in [0.1, 0.15) is 0 Å². The number of nitrogens with zero attached hydrogens (tertiary/aromatic N) is 2. The quantitative estimate of drug-likeness (QED) is 0.300. The number of urea groups is 1. The molecular weight excluding hydrogens is 456 g/mol. The van der Waals surface area contributed by atoms with Crippen molar-refractivity contribution >= 4 is 29.3 Å². The number of hydrogen-bond donors (Lipinski definition) is 2. The molecule has 1 heterocycles. The third-order valence-electron chi connectivity index (χ3n) is 5.87. The number of likely N-dealkylation sites (tertiary alicyclic amines) is 1. The number of benzene rings is 3. The Bertz CT molecular complexity index is 1150. The SMILES string of the molecule is O=C(COC(=O)C1CCN(C(=O)Nc2ccccc2)CC1)NN=C(c1ccccc1)c1ccccc1. The van der Waals surface area contributed by atoms with Crippen LogP contribution in [0.1, 0.15) is 24.0 Å². The first kappa shape index (κ1) is 24.7. The van der Waals surface area contributed by atoms with Crippen LogP contribution in [0.4, 0.5) is 10.5 Å². The van der Waals surface area contributed by atoms with Gasteiger partial charge in [0.05, 0.1) is 11.6 Å². The molecule has 0 saturated carbocycles. The normalized spacial score (nSPS) is 13.4. The molecule has 8 nitrogen and oxygen atoms in total. The lowest BCUT2D eigenvalue weighted by molar-refractivity contribution is -0.153. The minimum Gasteiger partial charge on any atom is -0.455 e. The molecule has 0 aromatic heterocycles. The van der Waals surface area contributed by atoms with Crippen molar-refractivity contribution in [2.75, 3.05) is 25.0 Å². The summed E-state index contributed by atoms with van der Waals surface area (Å²) in [7, 11) is 0. The summed E-state index contributed by atoms with van der Waals surface area (Å²) in [5.74, 6) is -1.32. The summed E-state index contributed by atoms with van der Waals surface area (Å²) in [6.45, 7) is 0.451. The number of hydrazone groups is 1. The standard InChI is InChI=1S/C28H28N4O4/c33-25(30-31-26(21-10-4-1-5-11-21)22-12-6-2-7-13-22)20-36-27(34)23-16-18-32(19-17-23)28(35)29-24-14-8-3-9-15-24/h1-15,23H,16-20H2,(H,29,35)(H,30,33). The van der Waals surface area contributed by atoms with E-state index in [2.05, 4.69) is 15.8 Å². The fraction of sp³-hybridized carbons (Fsp3) is 0.214. The van der Waals surface area contributed by atoms with Gasteiger partial charge in [0.2, 0.25) is 0 Å². The topological polar surface area (TPSA) is 100 Å². The molecule has 0 radical (unpaired) electrons. The van der Waals surface area contributed by atoms with Crippen LogP contribution in [0.25, 0.3) is 0 Å². The summed E-state index contributed by atoms with van der Waals surface area (Å²) in [5, 5.41) is 7.14. The van der Waals surface area contributed by atoms with Crippen molar-refractivity contribution in [2.24, 2.45) is 11.0 Å². The highest BCUT2D eigenvalue weighted by Gasteiger charge is 2.28. The van der Waals surface area contributed by atoms with Gasteiger partial charge in [0.25, 0.3) is 5.91 Å². The zero-order valence-electron chi connectivity index (χ0n) is 19.8. The second kappa shape index (κ2) is 12.3. The fourth-order valence-electron chi connectivity index (χ4n) is 3.94. The van der Waals surface area contributed by atoms with Crippen LogP contribution in [-0.2, 0) is 14.3 Å². The van der Waals surface area contributed by atoms with E-state index in [0.29, 0.717) is 31.6 Å². The average Bonchev–Trinajstić information content (AvgIpc) is 2.93. The summed E-state index contributed by atoms with van der Waals surface area (Å²) in [5.41, 5.74) is 5.53. The van der Waals surface area contributed by atoms with E-state index in [0.717, 1.165) is 16.8 Å². The predicted molar refractivity (Wildman–Crippen MR) is 137 cm³/mol. The van der Waals surface area contributed by atoms with Crippen molar-refractivity contribution in [1.82, 2.24) is 10.3 Å². The molecule has 1 fully saturated rings. The smallest absolute Gasteiger partial charge is 0.321 e. The summed E-state index contributed by atoms with van der Waals surface area (Å²) >= 11 is 0. The van der Waals surface area contributed by atoms with Crippen LogP contribution in [0.2, 0.25) is 0 Å². The molecule has 3 aromatic rings. The highest BCUT2D eigenvalue weighted by Crippen LogP contribution is 2.20. The number of carbonyl (C=O) groups is 3. The van der Waals surface area contributed by atoms with E-state index in [1.807, 2.05) is 91.0 Å². The first-order valence-electron chi connectivity index (χ1n) is 11.8. The largest absolute Gasteiger partial charge is 0.455 e. The number of para-hydroxylation sites is 1. The fourth-order valence-corrected chi connectivity index (χ4v) is 3.94. The highest BCUT2D eigenvalue weighted by molar-refractivity contribution is 6.13. The molecule has 0 spiro atoms. The Morgan fingerprint density at radius 3 is 1.89 bits per heavy atom. The predicted octanol–water partition coefficient (Wildman–Crippen LogP) is 4.04. The van der Waals surface area contributed by atoms with Crippen LogP contribution in [-0.4, -0.2) is 48.2 Å². The molecule has 0 unspecified atom stereocenters. The van der Waals surface area contributed by atoms with Gasteiger partial charge in [-0.1, -0.05) is 78.9 Å². The first-order valence-corrected chi connectivity index (χ1v) is 11.8. The monoisotopic (exact) mass is 484 g/mol. The minimum absolute atomic E-state index is 0.196. The number of carbonyl (C=O) groups excluding carboxylic acids is 3. The molecule has 2 N–H and O–H groups in total. The molecule has 8 heteroatoms. The third kappa shape index (κ3) is 6.79. The van der Waals surface area contributed by atoms with Gasteiger partial charge in [-0.25, -0.2) is 10.2 Å². The lowest BCUT2D eigenvalue weighted by atomic mass is 9.97. The van der Waals surface area contributed by atoms with E-state index in [4.69, 9.17) is 4.74 Å². The third-order valence-corrected chi connectivity index (χ3v) is 5.87. The van der Waals surface area contributed by atoms with E-state index < -0.39 is 18.5 Å². The molecule has 36 heavy (non-hydrogen) atoms. The van der Waals surface area contributed by atoms with Crippen LogP contribution in [0.3, 0.4) is 0 Å². The molecule has 3 amide bonds. The van der Waals surface area contributed by atoms with E-state index in [9.17, 15) is 14.4 Å². The molecule has 184 valence electrons. The Kier molecular flexibility index (Phi) is 8.43. The first-order chi connectivity index (χ1) is 17.6. The maximum atomic E-state index is 12.5.